The molecule has 0 radical (unpaired) electrons. The van der Waals surface area contributed by atoms with Crippen LogP contribution in [0.4, 0.5) is 0 Å². The van der Waals surface area contributed by atoms with Gasteiger partial charge in [0.05, 0.1) is 6.04 Å². The number of carbonyl (C=O) groups excluding carboxylic acids is 1. The van der Waals surface area contributed by atoms with E-state index in [9.17, 15) is 4.79 Å². The second-order valence-corrected chi connectivity index (χ2v) is 7.31. The smallest absolute Gasteiger partial charge is 0.224 e. The maximum atomic E-state index is 12.6. The fourth-order valence-electron chi connectivity index (χ4n) is 3.18. The first-order valence-corrected chi connectivity index (χ1v) is 9.13. The van der Waals surface area contributed by atoms with Crippen LogP contribution in [-0.2, 0) is 4.79 Å². The van der Waals surface area contributed by atoms with Crippen LogP contribution in [0.3, 0.4) is 0 Å². The third kappa shape index (κ3) is 3.74. The number of amides is 1. The minimum absolute atomic E-state index is 0.228. The Kier molecular flexibility index (Phi) is 5.09. The van der Waals surface area contributed by atoms with Gasteiger partial charge in [-0.3, -0.25) is 4.79 Å². The van der Waals surface area contributed by atoms with Gasteiger partial charge < -0.3 is 10.2 Å². The number of likely N-dealkylation sites (tertiary alicyclic amines) is 1. The molecule has 114 valence electrons. The number of thioether (sulfide) groups is 1. The Hall–Kier alpha value is -0.710. The summed E-state index contributed by atoms with van der Waals surface area (Å²) >= 11 is 7.89. The van der Waals surface area contributed by atoms with E-state index in [0.29, 0.717) is 12.5 Å². The number of hydrogen-bond acceptors (Lipinski definition) is 3. The van der Waals surface area contributed by atoms with Gasteiger partial charge in [0.15, 0.2) is 0 Å². The molecule has 3 rings (SSSR count). The van der Waals surface area contributed by atoms with Gasteiger partial charge in [0.1, 0.15) is 0 Å². The molecule has 5 heteroatoms. The number of hydrogen-bond donors (Lipinski definition) is 1. The molecule has 2 aliphatic rings. The van der Waals surface area contributed by atoms with Crippen molar-refractivity contribution in [1.82, 2.24) is 10.2 Å². The maximum Gasteiger partial charge on any atom is 0.224 e. The lowest BCUT2D eigenvalue weighted by Crippen LogP contribution is -2.42. The fourth-order valence-corrected chi connectivity index (χ4v) is 4.25. The van der Waals surface area contributed by atoms with Crippen molar-refractivity contribution in [3.63, 3.8) is 0 Å². The lowest BCUT2D eigenvalue weighted by atomic mass is 10.0. The predicted molar refractivity (Wildman–Crippen MR) is 88.9 cm³/mol. The Morgan fingerprint density at radius 2 is 2.19 bits per heavy atom. The first-order chi connectivity index (χ1) is 10.2. The van der Waals surface area contributed by atoms with Crippen LogP contribution in [0.25, 0.3) is 0 Å². The molecule has 2 unspecified atom stereocenters. The average molecular weight is 325 g/mol. The number of carbonyl (C=O) groups is 1. The van der Waals surface area contributed by atoms with Crippen LogP contribution in [-0.4, -0.2) is 41.4 Å². The van der Waals surface area contributed by atoms with Crippen LogP contribution in [0.2, 0.25) is 5.02 Å². The summed E-state index contributed by atoms with van der Waals surface area (Å²) in [4.78, 5) is 14.7. The van der Waals surface area contributed by atoms with Crippen molar-refractivity contribution in [3.8, 4) is 0 Å². The highest BCUT2D eigenvalue weighted by Crippen LogP contribution is 2.33. The van der Waals surface area contributed by atoms with Crippen LogP contribution >= 0.6 is 23.4 Å². The van der Waals surface area contributed by atoms with Gasteiger partial charge >= 0.3 is 0 Å². The summed E-state index contributed by atoms with van der Waals surface area (Å²) in [6, 6.07) is 8.49. The molecule has 0 bridgehead atoms. The zero-order chi connectivity index (χ0) is 14.7. The highest BCUT2D eigenvalue weighted by atomic mass is 35.5. The molecule has 1 aromatic carbocycles. The van der Waals surface area contributed by atoms with E-state index in [1.54, 1.807) is 0 Å². The van der Waals surface area contributed by atoms with E-state index < -0.39 is 0 Å². The monoisotopic (exact) mass is 324 g/mol. The van der Waals surface area contributed by atoms with Crippen molar-refractivity contribution in [2.75, 3.05) is 24.6 Å². The Bertz CT molecular complexity index is 488. The average Bonchev–Trinajstić information content (AvgIpc) is 2.98. The molecule has 1 N–H and O–H groups in total. The quantitative estimate of drug-likeness (QED) is 0.927. The molecule has 2 aliphatic heterocycles. The van der Waals surface area contributed by atoms with E-state index in [1.165, 1.54) is 5.56 Å². The molecule has 2 atom stereocenters. The third-order valence-electron chi connectivity index (χ3n) is 4.25. The summed E-state index contributed by atoms with van der Waals surface area (Å²) in [6.45, 7) is 1.90. The maximum absolute atomic E-state index is 12.6. The van der Waals surface area contributed by atoms with Crippen LogP contribution in [0, 0.1) is 0 Å². The molecular weight excluding hydrogens is 304 g/mol. The van der Waals surface area contributed by atoms with E-state index in [1.807, 2.05) is 36.0 Å². The summed E-state index contributed by atoms with van der Waals surface area (Å²) in [5.74, 6) is 2.49. The Labute approximate surface area is 135 Å². The summed E-state index contributed by atoms with van der Waals surface area (Å²) in [6.07, 6.45) is 2.77. The van der Waals surface area contributed by atoms with E-state index >= 15 is 0 Å². The minimum Gasteiger partial charge on any atom is -0.336 e. The molecule has 0 saturated carbocycles. The van der Waals surface area contributed by atoms with Crippen molar-refractivity contribution >= 4 is 29.3 Å². The molecule has 2 fully saturated rings. The Balaban J connectivity index is 1.65. The molecule has 2 saturated heterocycles. The number of benzene rings is 1. The van der Waals surface area contributed by atoms with Crippen molar-refractivity contribution in [1.29, 1.82) is 0 Å². The molecule has 1 aromatic rings. The van der Waals surface area contributed by atoms with Gasteiger partial charge in [-0.1, -0.05) is 23.7 Å². The van der Waals surface area contributed by atoms with Gasteiger partial charge in [-0.05, 0) is 30.5 Å². The molecule has 21 heavy (non-hydrogen) atoms. The van der Waals surface area contributed by atoms with Crippen LogP contribution in [0.15, 0.2) is 24.3 Å². The lowest BCUT2D eigenvalue weighted by Gasteiger charge is -2.29. The fraction of sp³-hybridized carbons (Fsp3) is 0.562. The number of nitrogens with one attached hydrogen (secondary N) is 1. The number of rotatable bonds is 3. The second-order valence-electron chi connectivity index (χ2n) is 5.73. The first-order valence-electron chi connectivity index (χ1n) is 7.60. The van der Waals surface area contributed by atoms with Crippen LogP contribution < -0.4 is 5.32 Å². The topological polar surface area (TPSA) is 32.3 Å². The molecule has 0 aliphatic carbocycles. The van der Waals surface area contributed by atoms with Gasteiger partial charge in [0.2, 0.25) is 5.91 Å². The zero-order valence-corrected chi connectivity index (χ0v) is 13.6. The van der Waals surface area contributed by atoms with Crippen LogP contribution in [0.1, 0.15) is 30.9 Å². The van der Waals surface area contributed by atoms with E-state index in [-0.39, 0.29) is 11.9 Å². The Morgan fingerprint density at radius 3 is 2.90 bits per heavy atom. The summed E-state index contributed by atoms with van der Waals surface area (Å²) in [5, 5.41) is 4.20. The molecule has 0 aromatic heterocycles. The van der Waals surface area contributed by atoms with Crippen molar-refractivity contribution in [2.45, 2.75) is 31.3 Å². The first kappa shape index (κ1) is 15.2. The van der Waals surface area contributed by atoms with E-state index in [0.717, 1.165) is 42.5 Å². The summed E-state index contributed by atoms with van der Waals surface area (Å²) < 4.78 is 0. The molecule has 2 heterocycles. The van der Waals surface area contributed by atoms with Crippen molar-refractivity contribution in [2.24, 2.45) is 0 Å². The van der Waals surface area contributed by atoms with E-state index in [2.05, 4.69) is 10.2 Å². The van der Waals surface area contributed by atoms with Gasteiger partial charge in [-0.2, -0.15) is 11.8 Å². The Morgan fingerprint density at radius 1 is 1.38 bits per heavy atom. The predicted octanol–water partition coefficient (Wildman–Crippen LogP) is 3.10. The number of halogens is 1. The van der Waals surface area contributed by atoms with Crippen molar-refractivity contribution in [3.05, 3.63) is 34.9 Å². The normalized spacial score (nSPS) is 26.0. The second kappa shape index (κ2) is 7.03. The van der Waals surface area contributed by atoms with Gasteiger partial charge in [-0.15, -0.1) is 0 Å². The largest absolute Gasteiger partial charge is 0.336 e. The van der Waals surface area contributed by atoms with Gasteiger partial charge in [0.25, 0.3) is 0 Å². The minimum atomic E-state index is 0.228. The summed E-state index contributed by atoms with van der Waals surface area (Å²) in [7, 11) is 0. The lowest BCUT2D eigenvalue weighted by molar-refractivity contribution is -0.132. The molecule has 1 amide bonds. The van der Waals surface area contributed by atoms with Crippen molar-refractivity contribution < 1.29 is 4.79 Å². The third-order valence-corrected chi connectivity index (χ3v) is 5.63. The number of nitrogens with zero attached hydrogens (tertiary/aromatic N) is 1. The SMILES string of the molecule is O=C(CC1CSCCN1)N1CCCC1c1ccc(Cl)cc1. The van der Waals surface area contributed by atoms with E-state index in [4.69, 9.17) is 11.6 Å². The molecule has 3 nitrogen and oxygen atoms in total. The molecule has 0 spiro atoms. The molecular formula is C16H21ClN2OS. The van der Waals surface area contributed by atoms with Crippen LogP contribution in [0.5, 0.6) is 0 Å². The van der Waals surface area contributed by atoms with Gasteiger partial charge in [-0.25, -0.2) is 0 Å². The zero-order valence-electron chi connectivity index (χ0n) is 12.1. The van der Waals surface area contributed by atoms with Gasteiger partial charge in [0, 0.05) is 42.1 Å². The highest BCUT2D eigenvalue weighted by molar-refractivity contribution is 7.99. The highest BCUT2D eigenvalue weighted by Gasteiger charge is 2.31. The standard InChI is InChI=1S/C16H21ClN2OS/c17-13-5-3-12(4-6-13)15-2-1-8-19(15)16(20)10-14-11-21-9-7-18-14/h3-6,14-15,18H,1-2,7-11H2. The summed E-state index contributed by atoms with van der Waals surface area (Å²) in [5.41, 5.74) is 1.20.